The lowest BCUT2D eigenvalue weighted by atomic mass is 10.1. The minimum Gasteiger partial charge on any atom is -0.478 e. The number of aromatic nitrogens is 1. The average Bonchev–Trinajstić information content (AvgIpc) is 2.51. The second-order valence-electron chi connectivity index (χ2n) is 4.84. The third kappa shape index (κ3) is 2.56. The lowest BCUT2D eigenvalue weighted by Gasteiger charge is -2.08. The number of carbonyl (C=O) groups is 1. The van der Waals surface area contributed by atoms with Crippen molar-refractivity contribution >= 4 is 16.7 Å². The van der Waals surface area contributed by atoms with Crippen LogP contribution in [-0.4, -0.2) is 15.6 Å². The summed E-state index contributed by atoms with van der Waals surface area (Å²) in [7, 11) is 0. The van der Waals surface area contributed by atoms with Crippen LogP contribution in [0.2, 0.25) is 0 Å². The van der Waals surface area contributed by atoms with E-state index in [9.17, 15) is 9.59 Å². The molecule has 0 aliphatic rings. The summed E-state index contributed by atoms with van der Waals surface area (Å²) >= 11 is 0. The summed E-state index contributed by atoms with van der Waals surface area (Å²) in [6.07, 6.45) is 1.73. The molecule has 2 aromatic carbocycles. The fraction of sp³-hybridized carbons (Fsp3) is 0.0588. The zero-order chi connectivity index (χ0) is 14.8. The molecule has 0 saturated carbocycles. The van der Waals surface area contributed by atoms with Crippen LogP contribution in [0.4, 0.5) is 0 Å². The minimum absolute atomic E-state index is 0.0752. The van der Waals surface area contributed by atoms with Crippen molar-refractivity contribution < 1.29 is 9.90 Å². The number of pyridine rings is 1. The van der Waals surface area contributed by atoms with Crippen molar-refractivity contribution in [1.82, 2.24) is 4.57 Å². The monoisotopic (exact) mass is 279 g/mol. The first-order valence-electron chi connectivity index (χ1n) is 6.55. The number of aromatic carboxylic acids is 1. The molecule has 0 saturated heterocycles. The summed E-state index contributed by atoms with van der Waals surface area (Å²) in [5.74, 6) is -0.970. The highest BCUT2D eigenvalue weighted by Gasteiger charge is 2.06. The molecule has 104 valence electrons. The van der Waals surface area contributed by atoms with E-state index in [4.69, 9.17) is 5.11 Å². The van der Waals surface area contributed by atoms with Crippen LogP contribution in [0.25, 0.3) is 10.8 Å². The van der Waals surface area contributed by atoms with Crippen LogP contribution in [0.15, 0.2) is 65.6 Å². The van der Waals surface area contributed by atoms with Gasteiger partial charge < -0.3 is 9.67 Å². The molecule has 1 aromatic heterocycles. The summed E-state index contributed by atoms with van der Waals surface area (Å²) < 4.78 is 1.59. The average molecular weight is 279 g/mol. The Morgan fingerprint density at radius 1 is 1.05 bits per heavy atom. The lowest BCUT2D eigenvalue weighted by Crippen LogP contribution is -2.20. The van der Waals surface area contributed by atoms with E-state index in [1.165, 1.54) is 6.07 Å². The first kappa shape index (κ1) is 13.1. The molecule has 21 heavy (non-hydrogen) atoms. The van der Waals surface area contributed by atoms with Crippen LogP contribution in [0.3, 0.4) is 0 Å². The molecule has 0 amide bonds. The second-order valence-corrected chi connectivity index (χ2v) is 4.84. The zero-order valence-electron chi connectivity index (χ0n) is 11.2. The van der Waals surface area contributed by atoms with Gasteiger partial charge in [0.05, 0.1) is 12.1 Å². The Balaban J connectivity index is 2.02. The minimum atomic E-state index is -0.970. The van der Waals surface area contributed by atoms with Crippen LogP contribution in [0, 0.1) is 0 Å². The maximum absolute atomic E-state index is 12.4. The van der Waals surface area contributed by atoms with Crippen LogP contribution in [0.1, 0.15) is 15.9 Å². The molecule has 1 heterocycles. The smallest absolute Gasteiger partial charge is 0.335 e. The second kappa shape index (κ2) is 5.25. The van der Waals surface area contributed by atoms with E-state index in [0.717, 1.165) is 10.9 Å². The van der Waals surface area contributed by atoms with Crippen molar-refractivity contribution in [3.05, 3.63) is 82.3 Å². The molecule has 3 aromatic rings. The van der Waals surface area contributed by atoms with Crippen LogP contribution in [-0.2, 0) is 6.54 Å². The number of nitrogens with zero attached hydrogens (tertiary/aromatic N) is 1. The molecule has 0 aliphatic carbocycles. The molecular formula is C17H13NO3. The molecule has 0 spiro atoms. The van der Waals surface area contributed by atoms with E-state index in [-0.39, 0.29) is 11.1 Å². The van der Waals surface area contributed by atoms with Gasteiger partial charge in [-0.1, -0.05) is 30.3 Å². The summed E-state index contributed by atoms with van der Waals surface area (Å²) in [6, 6.07) is 15.9. The standard InChI is InChI=1S/C17H13NO3/c19-16-15-7-2-1-5-13(15)8-9-18(16)11-12-4-3-6-14(10-12)17(20)21/h1-10H,11H2,(H,20,21). The van der Waals surface area contributed by atoms with E-state index in [1.807, 2.05) is 30.3 Å². The van der Waals surface area contributed by atoms with Gasteiger partial charge in [-0.2, -0.15) is 0 Å². The van der Waals surface area contributed by atoms with Crippen LogP contribution < -0.4 is 5.56 Å². The van der Waals surface area contributed by atoms with Crippen molar-refractivity contribution in [2.45, 2.75) is 6.54 Å². The normalized spacial score (nSPS) is 10.7. The van der Waals surface area contributed by atoms with Gasteiger partial charge in [0.1, 0.15) is 0 Å². The first-order valence-corrected chi connectivity index (χ1v) is 6.55. The molecule has 0 bridgehead atoms. The topological polar surface area (TPSA) is 59.3 Å². The van der Waals surface area contributed by atoms with Crippen LogP contribution >= 0.6 is 0 Å². The number of benzene rings is 2. The van der Waals surface area contributed by atoms with Gasteiger partial charge in [0.25, 0.3) is 5.56 Å². The Labute approximate surface area is 120 Å². The summed E-state index contributed by atoms with van der Waals surface area (Å²) in [5, 5.41) is 10.6. The van der Waals surface area contributed by atoms with Gasteiger partial charge in [0, 0.05) is 11.6 Å². The van der Waals surface area contributed by atoms with Gasteiger partial charge in [-0.15, -0.1) is 0 Å². The third-order valence-electron chi connectivity index (χ3n) is 3.41. The van der Waals surface area contributed by atoms with E-state index < -0.39 is 5.97 Å². The first-order chi connectivity index (χ1) is 10.1. The predicted molar refractivity (Wildman–Crippen MR) is 80.7 cm³/mol. The maximum Gasteiger partial charge on any atom is 0.335 e. The van der Waals surface area contributed by atoms with Crippen molar-refractivity contribution in [2.75, 3.05) is 0 Å². The molecule has 3 rings (SSSR count). The van der Waals surface area contributed by atoms with Crippen molar-refractivity contribution in [3.8, 4) is 0 Å². The Morgan fingerprint density at radius 2 is 1.86 bits per heavy atom. The molecule has 0 unspecified atom stereocenters. The van der Waals surface area contributed by atoms with E-state index in [0.29, 0.717) is 11.9 Å². The van der Waals surface area contributed by atoms with Crippen LogP contribution in [0.5, 0.6) is 0 Å². The SMILES string of the molecule is O=C(O)c1cccc(Cn2ccc3ccccc3c2=O)c1. The van der Waals surface area contributed by atoms with Gasteiger partial charge in [0.15, 0.2) is 0 Å². The van der Waals surface area contributed by atoms with Gasteiger partial charge in [0.2, 0.25) is 0 Å². The predicted octanol–water partition coefficient (Wildman–Crippen LogP) is 2.75. The molecule has 0 aliphatic heterocycles. The van der Waals surface area contributed by atoms with E-state index >= 15 is 0 Å². The van der Waals surface area contributed by atoms with Crippen molar-refractivity contribution in [2.24, 2.45) is 0 Å². The molecule has 0 fully saturated rings. The Hall–Kier alpha value is -2.88. The van der Waals surface area contributed by atoms with Crippen molar-refractivity contribution in [1.29, 1.82) is 0 Å². The molecule has 0 atom stereocenters. The fourth-order valence-electron chi connectivity index (χ4n) is 2.35. The summed E-state index contributed by atoms with van der Waals surface area (Å²) in [6.45, 7) is 0.352. The largest absolute Gasteiger partial charge is 0.478 e. The van der Waals surface area contributed by atoms with E-state index in [2.05, 4.69) is 0 Å². The Morgan fingerprint density at radius 3 is 2.67 bits per heavy atom. The third-order valence-corrected chi connectivity index (χ3v) is 3.41. The van der Waals surface area contributed by atoms with Gasteiger partial charge in [-0.25, -0.2) is 4.79 Å². The summed E-state index contributed by atoms with van der Waals surface area (Å²) in [4.78, 5) is 23.4. The number of hydrogen-bond acceptors (Lipinski definition) is 2. The maximum atomic E-state index is 12.4. The number of hydrogen-bond donors (Lipinski definition) is 1. The molecule has 4 heteroatoms. The molecular weight excluding hydrogens is 266 g/mol. The molecule has 4 nitrogen and oxygen atoms in total. The number of carboxylic acids is 1. The summed E-state index contributed by atoms with van der Waals surface area (Å²) in [5.41, 5.74) is 0.933. The highest BCUT2D eigenvalue weighted by Crippen LogP contribution is 2.10. The fourth-order valence-corrected chi connectivity index (χ4v) is 2.35. The Bertz CT molecular complexity index is 880. The quantitative estimate of drug-likeness (QED) is 0.802. The van der Waals surface area contributed by atoms with Crippen molar-refractivity contribution in [3.63, 3.8) is 0 Å². The molecule has 1 N–H and O–H groups in total. The van der Waals surface area contributed by atoms with E-state index in [1.54, 1.807) is 29.0 Å². The number of rotatable bonds is 3. The van der Waals surface area contributed by atoms with Gasteiger partial charge >= 0.3 is 5.97 Å². The number of carboxylic acid groups (broad SMARTS) is 1. The van der Waals surface area contributed by atoms with Gasteiger partial charge in [-0.3, -0.25) is 4.79 Å². The highest BCUT2D eigenvalue weighted by atomic mass is 16.4. The zero-order valence-corrected chi connectivity index (χ0v) is 11.2. The highest BCUT2D eigenvalue weighted by molar-refractivity contribution is 5.87. The number of fused-ring (bicyclic) bond motifs is 1. The molecule has 0 radical (unpaired) electrons. The van der Waals surface area contributed by atoms with Gasteiger partial charge in [-0.05, 0) is 35.2 Å². The Kier molecular flexibility index (Phi) is 3.28. The lowest BCUT2D eigenvalue weighted by molar-refractivity contribution is 0.0696.